The van der Waals surface area contributed by atoms with E-state index in [-0.39, 0.29) is 36.7 Å². The number of carbonyl (C=O) groups is 4. The number of fused-ring (bicyclic) bond motifs is 4. The van der Waals surface area contributed by atoms with Gasteiger partial charge in [-0.15, -0.1) is 0 Å². The van der Waals surface area contributed by atoms with E-state index in [0.717, 1.165) is 132 Å². The summed E-state index contributed by atoms with van der Waals surface area (Å²) in [6.07, 6.45) is 10.8. The average molecular weight is 683 g/mol. The molecule has 2 aliphatic heterocycles. The standard InChI is InChI=1S/2C19H23N3O3/c2*1-11-12(2)25-19-17(11)18(13-6-3-4-7-14(13)20-19)21-15(23)10-22-9-5-8-16(22)24/h2*3-10H2,1-2H3,(H,20,21,23). The van der Waals surface area contributed by atoms with E-state index in [1.165, 1.54) is 0 Å². The predicted molar refractivity (Wildman–Crippen MR) is 189 cm³/mol. The molecule has 6 heterocycles. The molecule has 2 saturated heterocycles. The van der Waals surface area contributed by atoms with Crippen molar-refractivity contribution in [2.24, 2.45) is 0 Å². The second-order valence-corrected chi connectivity index (χ2v) is 14.1. The van der Waals surface area contributed by atoms with Crippen molar-refractivity contribution in [2.45, 2.75) is 105 Å². The van der Waals surface area contributed by atoms with Crippen molar-refractivity contribution in [1.82, 2.24) is 19.8 Å². The Hall–Kier alpha value is -4.74. The highest BCUT2D eigenvalue weighted by molar-refractivity contribution is 6.05. The molecule has 264 valence electrons. The summed E-state index contributed by atoms with van der Waals surface area (Å²) < 4.78 is 11.6. The normalized spacial score (nSPS) is 17.2. The minimum absolute atomic E-state index is 0.0624. The summed E-state index contributed by atoms with van der Waals surface area (Å²) in [5.41, 5.74) is 9.22. The molecule has 12 nitrogen and oxygen atoms in total. The van der Waals surface area contributed by atoms with E-state index >= 15 is 0 Å². The van der Waals surface area contributed by atoms with E-state index in [9.17, 15) is 19.2 Å². The van der Waals surface area contributed by atoms with Gasteiger partial charge in [-0.25, -0.2) is 9.97 Å². The predicted octanol–water partition coefficient (Wildman–Crippen LogP) is 5.77. The van der Waals surface area contributed by atoms with Gasteiger partial charge < -0.3 is 29.3 Å². The molecular weight excluding hydrogens is 636 g/mol. The van der Waals surface area contributed by atoms with E-state index in [4.69, 9.17) is 18.8 Å². The van der Waals surface area contributed by atoms with Gasteiger partial charge >= 0.3 is 0 Å². The van der Waals surface area contributed by atoms with Gasteiger partial charge in [-0.1, -0.05) is 0 Å². The minimum atomic E-state index is -0.145. The number of carbonyl (C=O) groups excluding carboxylic acids is 4. The molecule has 4 amide bonds. The third-order valence-electron chi connectivity index (χ3n) is 10.7. The average Bonchev–Trinajstić information content (AvgIpc) is 3.84. The first-order chi connectivity index (χ1) is 24.1. The fourth-order valence-electron chi connectivity index (χ4n) is 7.80. The number of pyridine rings is 2. The summed E-state index contributed by atoms with van der Waals surface area (Å²) in [6, 6.07) is 0. The third-order valence-corrected chi connectivity index (χ3v) is 10.7. The quantitative estimate of drug-likeness (QED) is 0.260. The van der Waals surface area contributed by atoms with Gasteiger partial charge in [0.05, 0.1) is 35.2 Å². The van der Waals surface area contributed by atoms with Crippen molar-refractivity contribution in [3.63, 3.8) is 0 Å². The number of aryl methyl sites for hydroxylation is 6. The van der Waals surface area contributed by atoms with Crippen LogP contribution in [0.4, 0.5) is 11.4 Å². The molecule has 0 bridgehead atoms. The van der Waals surface area contributed by atoms with E-state index in [1.54, 1.807) is 9.80 Å². The lowest BCUT2D eigenvalue weighted by Crippen LogP contribution is -2.34. The van der Waals surface area contributed by atoms with Crippen molar-refractivity contribution in [2.75, 3.05) is 36.8 Å². The number of hydrogen-bond donors (Lipinski definition) is 2. The fraction of sp³-hybridized carbons (Fsp3) is 0.526. The summed E-state index contributed by atoms with van der Waals surface area (Å²) in [6.45, 7) is 9.41. The monoisotopic (exact) mass is 682 g/mol. The molecule has 8 rings (SSSR count). The van der Waals surface area contributed by atoms with Crippen LogP contribution < -0.4 is 10.6 Å². The zero-order valence-electron chi connectivity index (χ0n) is 29.6. The molecule has 50 heavy (non-hydrogen) atoms. The van der Waals surface area contributed by atoms with Crippen LogP contribution in [0.1, 0.15) is 96.5 Å². The Morgan fingerprint density at radius 3 is 1.38 bits per heavy atom. The molecule has 0 spiro atoms. The molecule has 12 heteroatoms. The van der Waals surface area contributed by atoms with Gasteiger partial charge in [-0.05, 0) is 103 Å². The summed E-state index contributed by atoms with van der Waals surface area (Å²) in [5.74, 6) is 1.49. The molecule has 0 aromatic carbocycles. The van der Waals surface area contributed by atoms with Crippen LogP contribution in [0.25, 0.3) is 22.2 Å². The molecule has 2 fully saturated rings. The van der Waals surface area contributed by atoms with Crippen LogP contribution in [-0.4, -0.2) is 69.6 Å². The largest absolute Gasteiger partial charge is 0.443 e. The lowest BCUT2D eigenvalue weighted by Gasteiger charge is -2.21. The molecule has 4 aromatic heterocycles. The zero-order valence-corrected chi connectivity index (χ0v) is 29.6. The molecule has 0 saturated carbocycles. The molecule has 0 unspecified atom stereocenters. The SMILES string of the molecule is Cc1oc2nc3c(c(NC(=O)CN4CCCC4=O)c2c1C)CCCC3.Cc1oc2nc3c(c(NC(=O)CN4CCCC4=O)c2c1C)CCCC3. The smallest absolute Gasteiger partial charge is 0.244 e. The highest BCUT2D eigenvalue weighted by Gasteiger charge is 2.28. The van der Waals surface area contributed by atoms with E-state index < -0.39 is 0 Å². The molecule has 0 radical (unpaired) electrons. The number of amides is 4. The Balaban J connectivity index is 0.000000157. The first kappa shape index (κ1) is 33.7. The van der Waals surface area contributed by atoms with Gasteiger partial charge in [0.2, 0.25) is 35.1 Å². The number of hydrogen-bond acceptors (Lipinski definition) is 8. The number of rotatable bonds is 6. The van der Waals surface area contributed by atoms with Gasteiger partial charge in [-0.3, -0.25) is 19.2 Å². The van der Waals surface area contributed by atoms with Crippen LogP contribution in [0, 0.1) is 27.7 Å². The Bertz CT molecular complexity index is 1880. The minimum Gasteiger partial charge on any atom is -0.443 e. The Labute approximate surface area is 291 Å². The molecule has 4 aromatic rings. The zero-order chi connectivity index (χ0) is 35.1. The Morgan fingerprint density at radius 2 is 1.00 bits per heavy atom. The number of nitrogens with zero attached hydrogens (tertiary/aromatic N) is 4. The van der Waals surface area contributed by atoms with Crippen molar-refractivity contribution in [3.8, 4) is 0 Å². The molecule has 0 atom stereocenters. The number of likely N-dealkylation sites (tertiary alicyclic amines) is 2. The van der Waals surface area contributed by atoms with Gasteiger partial charge in [0, 0.05) is 48.4 Å². The topological polar surface area (TPSA) is 151 Å². The maximum absolute atomic E-state index is 12.6. The van der Waals surface area contributed by atoms with Crippen LogP contribution in [0.2, 0.25) is 0 Å². The summed E-state index contributed by atoms with van der Waals surface area (Å²) >= 11 is 0. The van der Waals surface area contributed by atoms with Crippen molar-refractivity contribution in [1.29, 1.82) is 0 Å². The van der Waals surface area contributed by atoms with E-state index in [2.05, 4.69) is 10.6 Å². The van der Waals surface area contributed by atoms with E-state index in [1.807, 2.05) is 27.7 Å². The highest BCUT2D eigenvalue weighted by Crippen LogP contribution is 2.39. The first-order valence-corrected chi connectivity index (χ1v) is 18.1. The number of anilines is 2. The van der Waals surface area contributed by atoms with Gasteiger partial charge in [-0.2, -0.15) is 0 Å². The molecule has 2 aliphatic carbocycles. The van der Waals surface area contributed by atoms with E-state index in [0.29, 0.717) is 37.4 Å². The molecular formula is C38H46N6O6. The van der Waals surface area contributed by atoms with Gasteiger partial charge in [0.1, 0.15) is 11.5 Å². The van der Waals surface area contributed by atoms with Crippen LogP contribution in [0.15, 0.2) is 8.83 Å². The van der Waals surface area contributed by atoms with Crippen LogP contribution in [-0.2, 0) is 44.9 Å². The van der Waals surface area contributed by atoms with Crippen LogP contribution in [0.3, 0.4) is 0 Å². The fourth-order valence-corrected chi connectivity index (χ4v) is 7.80. The van der Waals surface area contributed by atoms with Crippen molar-refractivity contribution < 1.29 is 28.0 Å². The lowest BCUT2D eigenvalue weighted by atomic mass is 9.93. The van der Waals surface area contributed by atoms with Crippen molar-refractivity contribution in [3.05, 3.63) is 45.2 Å². The summed E-state index contributed by atoms with van der Waals surface area (Å²) in [7, 11) is 0. The Kier molecular flexibility index (Phi) is 9.36. The second kappa shape index (κ2) is 13.9. The summed E-state index contributed by atoms with van der Waals surface area (Å²) in [4.78, 5) is 61.4. The van der Waals surface area contributed by atoms with Crippen LogP contribution >= 0.6 is 0 Å². The lowest BCUT2D eigenvalue weighted by molar-refractivity contribution is -0.131. The number of furan rings is 2. The number of aromatic nitrogens is 2. The molecule has 4 aliphatic rings. The molecule has 2 N–H and O–H groups in total. The second-order valence-electron chi connectivity index (χ2n) is 14.1. The number of nitrogens with one attached hydrogen (secondary N) is 2. The highest BCUT2D eigenvalue weighted by atomic mass is 16.3. The van der Waals surface area contributed by atoms with Gasteiger partial charge in [0.15, 0.2) is 0 Å². The Morgan fingerprint density at radius 1 is 0.600 bits per heavy atom. The van der Waals surface area contributed by atoms with Crippen LogP contribution in [0.5, 0.6) is 0 Å². The van der Waals surface area contributed by atoms with Gasteiger partial charge in [0.25, 0.3) is 0 Å². The van der Waals surface area contributed by atoms with Crippen molar-refractivity contribution >= 4 is 57.2 Å². The summed E-state index contributed by atoms with van der Waals surface area (Å²) in [5, 5.41) is 7.97. The maximum Gasteiger partial charge on any atom is 0.244 e. The maximum atomic E-state index is 12.6. The third kappa shape index (κ3) is 6.47. The first-order valence-electron chi connectivity index (χ1n) is 18.1.